The monoisotopic (exact) mass is 426 g/mol. The van der Waals surface area contributed by atoms with Crippen molar-refractivity contribution < 1.29 is 0 Å². The van der Waals surface area contributed by atoms with E-state index in [1.807, 2.05) is 6.07 Å². The molecule has 0 saturated carbocycles. The van der Waals surface area contributed by atoms with Crippen LogP contribution in [0, 0.1) is 13.8 Å². The van der Waals surface area contributed by atoms with Gasteiger partial charge < -0.3 is 0 Å². The Kier molecular flexibility index (Phi) is 7.51. The van der Waals surface area contributed by atoms with Crippen molar-refractivity contribution in [2.75, 3.05) is 0 Å². The van der Waals surface area contributed by atoms with Crippen LogP contribution in [0.15, 0.2) is 133 Å². The second-order valence-corrected chi connectivity index (χ2v) is 8.46. The summed E-state index contributed by atoms with van der Waals surface area (Å²) in [6, 6.07) is 47.2. The molecule has 0 atom stereocenters. The predicted octanol–water partition coefficient (Wildman–Crippen LogP) is 8.91. The Morgan fingerprint density at radius 2 is 0.667 bits per heavy atom. The molecule has 0 amide bonds. The molecule has 0 heteroatoms. The maximum Gasteiger partial charge on any atom is -0.00258 e. The number of hydrogen-bond donors (Lipinski definition) is 0. The lowest BCUT2D eigenvalue weighted by Crippen LogP contribution is -1.87. The Hall–Kier alpha value is -3.90. The topological polar surface area (TPSA) is 0 Å². The normalized spacial score (nSPS) is 10.2. The molecule has 162 valence electrons. The first-order valence-corrected chi connectivity index (χ1v) is 11.5. The van der Waals surface area contributed by atoms with E-state index in [2.05, 4.69) is 141 Å². The van der Waals surface area contributed by atoms with Crippen molar-refractivity contribution in [2.24, 2.45) is 0 Å². The Balaban J connectivity index is 0.000000165. The standard InChI is InChI=1S/C19H16.C14H14/c1-3-7-16(8-4-1)15-17-11-13-19(14-12-17)18-9-5-2-6-10-18;1-11-3-7-13(8-4-11)14-9-5-12(2)6-10-14/h1-14H,15H2;3-10H,1-2H3. The van der Waals surface area contributed by atoms with Gasteiger partial charge in [-0.15, -0.1) is 0 Å². The molecule has 0 fully saturated rings. The van der Waals surface area contributed by atoms with E-state index in [0.29, 0.717) is 0 Å². The van der Waals surface area contributed by atoms with Crippen molar-refractivity contribution in [3.63, 3.8) is 0 Å². The fourth-order valence-electron chi connectivity index (χ4n) is 3.77. The van der Waals surface area contributed by atoms with Crippen molar-refractivity contribution >= 4 is 0 Å². The third-order valence-corrected chi connectivity index (χ3v) is 5.75. The zero-order valence-corrected chi connectivity index (χ0v) is 19.4. The fourth-order valence-corrected chi connectivity index (χ4v) is 3.77. The van der Waals surface area contributed by atoms with Crippen LogP contribution in [-0.4, -0.2) is 0 Å². The maximum atomic E-state index is 2.22. The lowest BCUT2D eigenvalue weighted by molar-refractivity contribution is 1.19. The van der Waals surface area contributed by atoms with Gasteiger partial charge in [0.25, 0.3) is 0 Å². The molecule has 0 radical (unpaired) electrons. The van der Waals surface area contributed by atoms with Crippen molar-refractivity contribution in [1.29, 1.82) is 0 Å². The van der Waals surface area contributed by atoms with E-state index < -0.39 is 0 Å². The maximum absolute atomic E-state index is 2.22. The van der Waals surface area contributed by atoms with Gasteiger partial charge in [0.1, 0.15) is 0 Å². The van der Waals surface area contributed by atoms with E-state index in [9.17, 15) is 0 Å². The molecule has 33 heavy (non-hydrogen) atoms. The molecule has 0 bridgehead atoms. The molecule has 0 aliphatic carbocycles. The first kappa shape index (κ1) is 22.3. The van der Waals surface area contributed by atoms with Crippen LogP contribution in [0.4, 0.5) is 0 Å². The van der Waals surface area contributed by atoms with E-state index in [1.165, 1.54) is 44.5 Å². The minimum Gasteiger partial charge on any atom is -0.0622 e. The lowest BCUT2D eigenvalue weighted by Gasteiger charge is -2.05. The molecule has 5 rings (SSSR count). The number of rotatable bonds is 4. The van der Waals surface area contributed by atoms with Crippen LogP contribution in [0.1, 0.15) is 22.3 Å². The Morgan fingerprint density at radius 1 is 0.333 bits per heavy atom. The molecule has 0 aliphatic rings. The average Bonchev–Trinajstić information content (AvgIpc) is 2.87. The van der Waals surface area contributed by atoms with E-state index in [1.54, 1.807) is 0 Å². The zero-order valence-electron chi connectivity index (χ0n) is 19.4. The van der Waals surface area contributed by atoms with Gasteiger partial charge in [-0.25, -0.2) is 0 Å². The molecule has 0 aromatic heterocycles. The summed E-state index contributed by atoms with van der Waals surface area (Å²) in [5.74, 6) is 0. The summed E-state index contributed by atoms with van der Waals surface area (Å²) in [4.78, 5) is 0. The largest absolute Gasteiger partial charge is 0.0622 e. The highest BCUT2D eigenvalue weighted by Gasteiger charge is 1.99. The third-order valence-electron chi connectivity index (χ3n) is 5.75. The Bertz CT molecular complexity index is 1190. The summed E-state index contributed by atoms with van der Waals surface area (Å²) < 4.78 is 0. The Morgan fingerprint density at radius 3 is 1.12 bits per heavy atom. The molecular weight excluding hydrogens is 396 g/mol. The zero-order chi connectivity index (χ0) is 22.9. The number of benzene rings is 5. The SMILES string of the molecule is Cc1ccc(-c2ccc(C)cc2)cc1.c1ccc(Cc2ccc(-c3ccccc3)cc2)cc1. The molecular formula is C33H30. The minimum atomic E-state index is 0.996. The van der Waals surface area contributed by atoms with Crippen LogP contribution in [0.2, 0.25) is 0 Å². The van der Waals surface area contributed by atoms with Gasteiger partial charge in [0, 0.05) is 0 Å². The Labute approximate surface area is 198 Å². The average molecular weight is 427 g/mol. The van der Waals surface area contributed by atoms with Crippen LogP contribution in [0.3, 0.4) is 0 Å². The summed E-state index contributed by atoms with van der Waals surface area (Å²) >= 11 is 0. The first-order chi connectivity index (χ1) is 16.2. The third kappa shape index (κ3) is 6.54. The molecule has 0 unspecified atom stereocenters. The first-order valence-electron chi connectivity index (χ1n) is 11.5. The van der Waals surface area contributed by atoms with Crippen LogP contribution in [0.25, 0.3) is 22.3 Å². The predicted molar refractivity (Wildman–Crippen MR) is 142 cm³/mol. The van der Waals surface area contributed by atoms with Gasteiger partial charge in [-0.1, -0.05) is 145 Å². The van der Waals surface area contributed by atoms with Gasteiger partial charge >= 0.3 is 0 Å². The van der Waals surface area contributed by atoms with Crippen molar-refractivity contribution in [2.45, 2.75) is 20.3 Å². The minimum absolute atomic E-state index is 0.996. The van der Waals surface area contributed by atoms with Crippen molar-refractivity contribution in [3.8, 4) is 22.3 Å². The quantitative estimate of drug-likeness (QED) is 0.269. The summed E-state index contributed by atoms with van der Waals surface area (Å²) in [5.41, 5.74) is 10.4. The highest BCUT2D eigenvalue weighted by Crippen LogP contribution is 2.21. The molecule has 5 aromatic rings. The molecule has 0 saturated heterocycles. The van der Waals surface area contributed by atoms with Gasteiger partial charge in [-0.3, -0.25) is 0 Å². The van der Waals surface area contributed by atoms with E-state index in [-0.39, 0.29) is 0 Å². The summed E-state index contributed by atoms with van der Waals surface area (Å²) in [6.45, 7) is 4.22. The van der Waals surface area contributed by atoms with Gasteiger partial charge in [-0.2, -0.15) is 0 Å². The molecule has 0 aliphatic heterocycles. The van der Waals surface area contributed by atoms with E-state index >= 15 is 0 Å². The molecule has 0 spiro atoms. The van der Waals surface area contributed by atoms with E-state index in [0.717, 1.165) is 6.42 Å². The number of aryl methyl sites for hydroxylation is 2. The summed E-state index contributed by atoms with van der Waals surface area (Å²) in [6.07, 6.45) is 0.996. The van der Waals surface area contributed by atoms with Crippen LogP contribution < -0.4 is 0 Å². The second kappa shape index (κ2) is 11.1. The summed E-state index contributed by atoms with van der Waals surface area (Å²) in [7, 11) is 0. The van der Waals surface area contributed by atoms with Crippen molar-refractivity contribution in [1.82, 2.24) is 0 Å². The molecule has 5 aromatic carbocycles. The molecule has 0 heterocycles. The molecule has 0 nitrogen and oxygen atoms in total. The van der Waals surface area contributed by atoms with Gasteiger partial charge in [0.2, 0.25) is 0 Å². The summed E-state index contributed by atoms with van der Waals surface area (Å²) in [5, 5.41) is 0. The highest BCUT2D eigenvalue weighted by atomic mass is 14.0. The number of hydrogen-bond acceptors (Lipinski definition) is 0. The molecule has 0 N–H and O–H groups in total. The fraction of sp³-hybridized carbons (Fsp3) is 0.0909. The van der Waals surface area contributed by atoms with Gasteiger partial charge in [-0.05, 0) is 53.6 Å². The lowest BCUT2D eigenvalue weighted by atomic mass is 10.0. The van der Waals surface area contributed by atoms with Gasteiger partial charge in [0.15, 0.2) is 0 Å². The highest BCUT2D eigenvalue weighted by molar-refractivity contribution is 5.64. The van der Waals surface area contributed by atoms with Gasteiger partial charge in [0.05, 0.1) is 0 Å². The van der Waals surface area contributed by atoms with Crippen molar-refractivity contribution in [3.05, 3.63) is 156 Å². The van der Waals surface area contributed by atoms with Crippen LogP contribution >= 0.6 is 0 Å². The van der Waals surface area contributed by atoms with E-state index in [4.69, 9.17) is 0 Å². The second-order valence-electron chi connectivity index (χ2n) is 8.46. The smallest absolute Gasteiger partial charge is 0.00258 e. The van der Waals surface area contributed by atoms with Crippen LogP contribution in [-0.2, 0) is 6.42 Å². The van der Waals surface area contributed by atoms with Crippen LogP contribution in [0.5, 0.6) is 0 Å².